The van der Waals surface area contributed by atoms with Gasteiger partial charge in [0.2, 0.25) is 6.15 Å². The molecule has 130 valence electrons. The summed E-state index contributed by atoms with van der Waals surface area (Å²) in [7, 11) is 0. The second-order valence-corrected chi connectivity index (χ2v) is 6.56. The van der Waals surface area contributed by atoms with Crippen molar-refractivity contribution in [1.29, 1.82) is 0 Å². The Labute approximate surface area is 159 Å². The van der Waals surface area contributed by atoms with Crippen LogP contribution in [0.1, 0.15) is 5.56 Å². The minimum Gasteiger partial charge on any atom is -0.302 e. The minimum absolute atomic E-state index is 0.977. The highest BCUT2D eigenvalue weighted by molar-refractivity contribution is 7.18. The van der Waals surface area contributed by atoms with Gasteiger partial charge in [0, 0.05) is 24.1 Å². The van der Waals surface area contributed by atoms with E-state index in [2.05, 4.69) is 54.0 Å². The van der Waals surface area contributed by atoms with Gasteiger partial charge in [0.05, 0.1) is 0 Å². The van der Waals surface area contributed by atoms with E-state index in [0.29, 0.717) is 0 Å². The highest BCUT2D eigenvalue weighted by atomic mass is 14.7. The van der Waals surface area contributed by atoms with Gasteiger partial charge < -0.3 is 9.97 Å². The van der Waals surface area contributed by atoms with Gasteiger partial charge >= 0.3 is 0 Å². The van der Waals surface area contributed by atoms with E-state index in [0.717, 1.165) is 27.8 Å². The number of H-pyrrole nitrogens is 1. The van der Waals surface area contributed by atoms with Crippen LogP contribution in [0.25, 0.3) is 6.08 Å². The number of aromatic amines is 1. The lowest BCUT2D eigenvalue weighted by molar-refractivity contribution is -0.356. The van der Waals surface area contributed by atoms with Crippen molar-refractivity contribution in [2.75, 3.05) is 0 Å². The van der Waals surface area contributed by atoms with Crippen LogP contribution in [0.3, 0.4) is 0 Å². The Balaban J connectivity index is 2.10. The zero-order chi connectivity index (χ0) is 18.5. The summed E-state index contributed by atoms with van der Waals surface area (Å²) in [4.78, 5) is 13.0. The van der Waals surface area contributed by atoms with E-state index in [1.807, 2.05) is 61.1 Å². The number of pyridine rings is 3. The third kappa shape index (κ3) is 2.95. The zero-order valence-corrected chi connectivity index (χ0v) is 15.0. The Morgan fingerprint density at radius 1 is 0.741 bits per heavy atom. The first-order valence-electron chi connectivity index (χ1n) is 9.04. The number of nitrogens with one attached hydrogen (secondary N) is 1. The molecule has 0 saturated heterocycles. The molecule has 0 amide bonds. The highest BCUT2D eigenvalue weighted by Crippen LogP contribution is 2.07. The number of nitrogens with zero attached hydrogens (tertiary/aromatic N) is 2. The largest absolute Gasteiger partial charge is 0.302 e. The summed E-state index contributed by atoms with van der Waals surface area (Å²) in [6.07, 6.45) is 5.95. The fourth-order valence-electron chi connectivity index (χ4n) is 3.85. The SMILES string of the molecule is C=Cc1ccc([B-](c2ccccn2)(c2ccccn2)c2cccc[nH+]2)cc1. The van der Waals surface area contributed by atoms with E-state index in [-0.39, 0.29) is 0 Å². The highest BCUT2D eigenvalue weighted by Gasteiger charge is 2.39. The van der Waals surface area contributed by atoms with Crippen molar-refractivity contribution >= 4 is 34.5 Å². The summed E-state index contributed by atoms with van der Waals surface area (Å²) in [5.41, 5.74) is 5.26. The maximum absolute atomic E-state index is 4.77. The molecule has 0 saturated carbocycles. The molecule has 27 heavy (non-hydrogen) atoms. The van der Waals surface area contributed by atoms with Crippen LogP contribution in [0.5, 0.6) is 0 Å². The molecule has 0 aliphatic heterocycles. The average molecular weight is 349 g/mol. The van der Waals surface area contributed by atoms with Crippen LogP contribution in [0, 0.1) is 0 Å². The lowest BCUT2D eigenvalue weighted by atomic mass is 9.16. The lowest BCUT2D eigenvalue weighted by Crippen LogP contribution is -2.79. The van der Waals surface area contributed by atoms with Crippen LogP contribution >= 0.6 is 0 Å². The van der Waals surface area contributed by atoms with Crippen LogP contribution in [-0.2, 0) is 0 Å². The molecule has 0 atom stereocenters. The van der Waals surface area contributed by atoms with Gasteiger partial charge in [0.15, 0.2) is 6.20 Å². The fourth-order valence-corrected chi connectivity index (χ4v) is 3.85. The maximum Gasteiger partial charge on any atom is 0.219 e. The van der Waals surface area contributed by atoms with Crippen molar-refractivity contribution in [2.45, 2.75) is 0 Å². The quantitative estimate of drug-likeness (QED) is 0.510. The van der Waals surface area contributed by atoms with Crippen molar-refractivity contribution < 1.29 is 4.98 Å². The topological polar surface area (TPSA) is 39.9 Å². The van der Waals surface area contributed by atoms with E-state index in [4.69, 9.17) is 9.97 Å². The van der Waals surface area contributed by atoms with Crippen LogP contribution in [0.2, 0.25) is 0 Å². The summed E-state index contributed by atoms with van der Waals surface area (Å²) in [5, 5.41) is 0. The molecule has 0 radical (unpaired) electrons. The van der Waals surface area contributed by atoms with Crippen molar-refractivity contribution in [3.8, 4) is 0 Å². The number of hydrogen-bond acceptors (Lipinski definition) is 2. The first kappa shape index (κ1) is 16.9. The summed E-state index contributed by atoms with van der Waals surface area (Å²) in [6, 6.07) is 26.7. The van der Waals surface area contributed by atoms with E-state index in [1.165, 1.54) is 0 Å². The van der Waals surface area contributed by atoms with E-state index < -0.39 is 6.15 Å². The fraction of sp³-hybridized carbons (Fsp3) is 0. The van der Waals surface area contributed by atoms with Gasteiger partial charge in [-0.05, 0) is 23.8 Å². The molecule has 3 heterocycles. The molecule has 1 aromatic carbocycles. The standard InChI is InChI=1S/C23H19BN3/c1-2-19-12-14-20(15-13-19)24(21-9-3-6-16-25-21,22-10-4-7-17-26-22)23-11-5-8-18-27-23/h2-18H,1H2/q-1/p+1. The second-order valence-electron chi connectivity index (χ2n) is 6.56. The molecule has 0 bridgehead atoms. The third-order valence-corrected chi connectivity index (χ3v) is 5.13. The van der Waals surface area contributed by atoms with Crippen LogP contribution in [-0.4, -0.2) is 16.1 Å². The molecular formula is C23H20BN3. The van der Waals surface area contributed by atoms with Gasteiger partial charge in [0.25, 0.3) is 0 Å². The molecule has 4 heteroatoms. The normalized spacial score (nSPS) is 11.1. The van der Waals surface area contributed by atoms with Gasteiger partial charge in [-0.1, -0.05) is 78.4 Å². The van der Waals surface area contributed by atoms with Gasteiger partial charge in [-0.15, -0.1) is 0 Å². The van der Waals surface area contributed by atoms with Gasteiger partial charge in [-0.25, -0.2) is 0 Å². The maximum atomic E-state index is 4.77. The molecule has 0 unspecified atom stereocenters. The van der Waals surface area contributed by atoms with Crippen molar-refractivity contribution in [2.24, 2.45) is 0 Å². The predicted molar refractivity (Wildman–Crippen MR) is 112 cm³/mol. The Morgan fingerprint density at radius 2 is 1.37 bits per heavy atom. The van der Waals surface area contributed by atoms with Crippen molar-refractivity contribution in [3.63, 3.8) is 0 Å². The van der Waals surface area contributed by atoms with Crippen LogP contribution < -0.4 is 27.2 Å². The van der Waals surface area contributed by atoms with Gasteiger partial charge in [0.1, 0.15) is 0 Å². The molecule has 0 spiro atoms. The Bertz CT molecular complexity index is 921. The molecule has 0 aliphatic rings. The van der Waals surface area contributed by atoms with Crippen LogP contribution in [0.15, 0.2) is 104 Å². The lowest BCUT2D eigenvalue weighted by Gasteiger charge is -2.37. The van der Waals surface area contributed by atoms with E-state index >= 15 is 0 Å². The molecule has 4 aromatic rings. The molecule has 0 aliphatic carbocycles. The van der Waals surface area contributed by atoms with E-state index in [1.54, 1.807) is 0 Å². The number of aromatic nitrogens is 3. The Morgan fingerprint density at radius 3 is 1.85 bits per heavy atom. The first-order valence-corrected chi connectivity index (χ1v) is 9.04. The summed E-state index contributed by atoms with van der Waals surface area (Å²) in [5.74, 6) is 0. The Hall–Kier alpha value is -3.53. The van der Waals surface area contributed by atoms with Gasteiger partial charge in [-0.2, -0.15) is 5.46 Å². The number of benzene rings is 1. The molecule has 3 nitrogen and oxygen atoms in total. The van der Waals surface area contributed by atoms with Crippen molar-refractivity contribution in [1.82, 2.24) is 9.97 Å². The zero-order valence-electron chi connectivity index (χ0n) is 15.0. The minimum atomic E-state index is -1.55. The van der Waals surface area contributed by atoms with E-state index in [9.17, 15) is 0 Å². The molecule has 0 fully saturated rings. The summed E-state index contributed by atoms with van der Waals surface area (Å²) >= 11 is 0. The summed E-state index contributed by atoms with van der Waals surface area (Å²) < 4.78 is 0. The monoisotopic (exact) mass is 349 g/mol. The van der Waals surface area contributed by atoms with Crippen LogP contribution in [0.4, 0.5) is 0 Å². The summed E-state index contributed by atoms with van der Waals surface area (Å²) in [6.45, 7) is 3.87. The second kappa shape index (κ2) is 7.38. The molecule has 4 rings (SSSR count). The smallest absolute Gasteiger partial charge is 0.219 e. The first-order chi connectivity index (χ1) is 13.4. The van der Waals surface area contributed by atoms with Crippen molar-refractivity contribution in [3.05, 3.63) is 110 Å². The number of rotatable bonds is 5. The van der Waals surface area contributed by atoms with Gasteiger partial charge in [-0.3, -0.25) is 4.98 Å². The average Bonchev–Trinajstić information content (AvgIpc) is 2.77. The molecule has 3 aromatic heterocycles. The molecule has 1 N–H and O–H groups in total. The number of hydrogen-bond donors (Lipinski definition) is 0. The third-order valence-electron chi connectivity index (χ3n) is 5.13. The predicted octanol–water partition coefficient (Wildman–Crippen LogP) is 1.31. The Kier molecular flexibility index (Phi) is 4.62. The molecular weight excluding hydrogens is 329 g/mol.